The summed E-state index contributed by atoms with van der Waals surface area (Å²) in [5, 5.41) is 1.50. The van der Waals surface area contributed by atoms with Crippen LogP contribution in [0.15, 0.2) is 28.7 Å². The van der Waals surface area contributed by atoms with E-state index in [0.717, 1.165) is 17.1 Å². The molecule has 2 N–H and O–H groups in total. The first kappa shape index (κ1) is 9.62. The van der Waals surface area contributed by atoms with Gasteiger partial charge >= 0.3 is 0 Å². The van der Waals surface area contributed by atoms with Crippen LogP contribution in [0, 0.1) is 0 Å². The molecule has 0 radical (unpaired) electrons. The Morgan fingerprint density at radius 3 is 2.88 bits per heavy atom. The number of benzene rings is 1. The van der Waals surface area contributed by atoms with Crippen LogP contribution in [0.3, 0.4) is 0 Å². The molecule has 0 amide bonds. The molecule has 0 bridgehead atoms. The van der Waals surface area contributed by atoms with Crippen LogP contribution in [-0.4, -0.2) is 8.75 Å². The molecule has 0 unspecified atom stereocenters. The molecule has 0 saturated heterocycles. The lowest BCUT2D eigenvalue weighted by atomic mass is 10.2. The lowest BCUT2D eigenvalue weighted by Gasteiger charge is -1.91. The Morgan fingerprint density at radius 1 is 1.31 bits per heavy atom. The topological polar surface area (TPSA) is 64.9 Å². The molecule has 2 heterocycles. The van der Waals surface area contributed by atoms with Gasteiger partial charge in [-0.2, -0.15) is 8.75 Å². The van der Waals surface area contributed by atoms with Crippen molar-refractivity contribution in [3.05, 3.63) is 29.3 Å². The SMILES string of the molecule is Nc1nsnc1-c1cc2cccc(Cl)c2o1. The van der Waals surface area contributed by atoms with Gasteiger partial charge in [-0.15, -0.1) is 0 Å². The van der Waals surface area contributed by atoms with Crippen molar-refractivity contribution in [1.29, 1.82) is 0 Å². The molecule has 2 aromatic heterocycles. The van der Waals surface area contributed by atoms with Gasteiger partial charge in [-0.05, 0) is 12.1 Å². The van der Waals surface area contributed by atoms with Crippen molar-refractivity contribution in [2.45, 2.75) is 0 Å². The van der Waals surface area contributed by atoms with Gasteiger partial charge < -0.3 is 10.2 Å². The number of anilines is 1. The van der Waals surface area contributed by atoms with Gasteiger partial charge in [-0.3, -0.25) is 0 Å². The first-order valence-electron chi connectivity index (χ1n) is 4.52. The number of hydrogen-bond donors (Lipinski definition) is 1. The van der Waals surface area contributed by atoms with Gasteiger partial charge in [0.25, 0.3) is 0 Å². The van der Waals surface area contributed by atoms with Crippen LogP contribution in [0.2, 0.25) is 5.02 Å². The molecule has 4 nitrogen and oxygen atoms in total. The van der Waals surface area contributed by atoms with E-state index in [-0.39, 0.29) is 0 Å². The Hall–Kier alpha value is -1.59. The molecule has 0 aliphatic rings. The van der Waals surface area contributed by atoms with Crippen LogP contribution < -0.4 is 5.73 Å². The minimum atomic E-state index is 0.375. The molecule has 3 aromatic rings. The lowest BCUT2D eigenvalue weighted by Crippen LogP contribution is -1.86. The molecular weight excluding hydrogens is 246 g/mol. The molecular formula is C10H6ClN3OS. The van der Waals surface area contributed by atoms with E-state index in [2.05, 4.69) is 8.75 Å². The fourth-order valence-electron chi connectivity index (χ4n) is 1.51. The monoisotopic (exact) mass is 251 g/mol. The summed E-state index contributed by atoms with van der Waals surface area (Å²) in [6.45, 7) is 0. The molecule has 0 fully saturated rings. The molecule has 0 aliphatic heterocycles. The maximum atomic E-state index is 6.01. The van der Waals surface area contributed by atoms with Crippen LogP contribution in [0.25, 0.3) is 22.4 Å². The van der Waals surface area contributed by atoms with E-state index in [0.29, 0.717) is 27.9 Å². The zero-order valence-corrected chi connectivity index (χ0v) is 9.55. The summed E-state index contributed by atoms with van der Waals surface area (Å²) in [5.41, 5.74) is 6.89. The highest BCUT2D eigenvalue weighted by Gasteiger charge is 2.14. The lowest BCUT2D eigenvalue weighted by molar-refractivity contribution is 0.630. The molecule has 3 rings (SSSR count). The quantitative estimate of drug-likeness (QED) is 0.721. The van der Waals surface area contributed by atoms with Crippen molar-refractivity contribution >= 4 is 40.1 Å². The highest BCUT2D eigenvalue weighted by Crippen LogP contribution is 2.33. The molecule has 0 spiro atoms. The van der Waals surface area contributed by atoms with E-state index >= 15 is 0 Å². The first-order valence-corrected chi connectivity index (χ1v) is 5.63. The van der Waals surface area contributed by atoms with Gasteiger partial charge in [0.2, 0.25) is 0 Å². The maximum absolute atomic E-state index is 6.01. The Bertz CT molecular complexity index is 661. The van der Waals surface area contributed by atoms with E-state index in [9.17, 15) is 0 Å². The summed E-state index contributed by atoms with van der Waals surface area (Å²) in [4.78, 5) is 0. The predicted molar refractivity (Wildman–Crippen MR) is 64.5 cm³/mol. The number of nitrogens with two attached hydrogens (primary N) is 1. The van der Waals surface area contributed by atoms with Gasteiger partial charge in [-0.1, -0.05) is 23.7 Å². The average Bonchev–Trinajstić information content (AvgIpc) is 2.84. The van der Waals surface area contributed by atoms with Gasteiger partial charge in [-0.25, -0.2) is 0 Å². The van der Waals surface area contributed by atoms with Crippen molar-refractivity contribution in [1.82, 2.24) is 8.75 Å². The fraction of sp³-hybridized carbons (Fsp3) is 0. The highest BCUT2D eigenvalue weighted by molar-refractivity contribution is 6.99. The summed E-state index contributed by atoms with van der Waals surface area (Å²) in [6, 6.07) is 7.42. The van der Waals surface area contributed by atoms with Crippen LogP contribution >= 0.6 is 23.3 Å². The largest absolute Gasteiger partial charge is 0.453 e. The van der Waals surface area contributed by atoms with Crippen LogP contribution in [0.5, 0.6) is 0 Å². The van der Waals surface area contributed by atoms with Gasteiger partial charge in [0.15, 0.2) is 22.9 Å². The second kappa shape index (κ2) is 3.47. The number of hydrogen-bond acceptors (Lipinski definition) is 5. The van der Waals surface area contributed by atoms with E-state index in [1.165, 1.54) is 0 Å². The predicted octanol–water partition coefficient (Wildman–Crippen LogP) is 3.19. The molecule has 0 aliphatic carbocycles. The summed E-state index contributed by atoms with van der Waals surface area (Å²) >= 11 is 7.07. The van der Waals surface area contributed by atoms with E-state index < -0.39 is 0 Å². The number of halogens is 1. The molecule has 1 aromatic carbocycles. The third kappa shape index (κ3) is 1.36. The minimum Gasteiger partial charge on any atom is -0.453 e. The van der Waals surface area contributed by atoms with E-state index in [1.807, 2.05) is 18.2 Å². The second-order valence-electron chi connectivity index (χ2n) is 3.27. The van der Waals surface area contributed by atoms with Crippen molar-refractivity contribution in [2.24, 2.45) is 0 Å². The number of furan rings is 1. The first-order chi connectivity index (χ1) is 7.75. The van der Waals surface area contributed by atoms with E-state index in [1.54, 1.807) is 6.07 Å². The van der Waals surface area contributed by atoms with Gasteiger partial charge in [0.05, 0.1) is 16.8 Å². The fourth-order valence-corrected chi connectivity index (χ4v) is 2.21. The molecule has 16 heavy (non-hydrogen) atoms. The van der Waals surface area contributed by atoms with Gasteiger partial charge in [0, 0.05) is 5.39 Å². The third-order valence-corrected chi connectivity index (χ3v) is 3.08. The second-order valence-corrected chi connectivity index (χ2v) is 4.20. The van der Waals surface area contributed by atoms with E-state index in [4.69, 9.17) is 21.8 Å². The van der Waals surface area contributed by atoms with Crippen molar-refractivity contribution < 1.29 is 4.42 Å². The molecule has 0 saturated carbocycles. The number of aromatic nitrogens is 2. The number of nitrogens with zero attached hydrogens (tertiary/aromatic N) is 2. The summed E-state index contributed by atoms with van der Waals surface area (Å²) in [7, 11) is 0. The summed E-state index contributed by atoms with van der Waals surface area (Å²) in [5.74, 6) is 0.967. The van der Waals surface area contributed by atoms with Crippen LogP contribution in [-0.2, 0) is 0 Å². The standard InChI is InChI=1S/C10H6ClN3OS/c11-6-3-1-2-5-4-7(15-9(5)6)8-10(12)14-16-13-8/h1-4H,(H2,12,14). The Kier molecular flexibility index (Phi) is 2.08. The summed E-state index contributed by atoms with van der Waals surface area (Å²) < 4.78 is 13.6. The molecule has 80 valence electrons. The van der Waals surface area contributed by atoms with Gasteiger partial charge in [0.1, 0.15) is 0 Å². The third-order valence-electron chi connectivity index (χ3n) is 2.24. The zero-order valence-electron chi connectivity index (χ0n) is 7.98. The summed E-state index contributed by atoms with van der Waals surface area (Å²) in [6.07, 6.45) is 0. The molecule has 0 atom stereocenters. The van der Waals surface area contributed by atoms with Crippen molar-refractivity contribution in [2.75, 3.05) is 5.73 Å². The Labute approximate surface area is 100.0 Å². The highest BCUT2D eigenvalue weighted by atomic mass is 35.5. The number of nitrogen functional groups attached to an aromatic ring is 1. The van der Waals surface area contributed by atoms with Crippen molar-refractivity contribution in [3.8, 4) is 11.5 Å². The zero-order chi connectivity index (χ0) is 11.1. The number of fused-ring (bicyclic) bond motifs is 1. The van der Waals surface area contributed by atoms with Crippen LogP contribution in [0.1, 0.15) is 0 Å². The minimum absolute atomic E-state index is 0.375. The molecule has 6 heteroatoms. The normalized spacial score (nSPS) is 11.1. The average molecular weight is 252 g/mol. The Balaban J connectivity index is 2.27. The maximum Gasteiger partial charge on any atom is 0.168 e. The Morgan fingerprint density at radius 2 is 2.19 bits per heavy atom. The van der Waals surface area contributed by atoms with Crippen LogP contribution in [0.4, 0.5) is 5.82 Å². The number of rotatable bonds is 1. The smallest absolute Gasteiger partial charge is 0.168 e. The van der Waals surface area contributed by atoms with Crippen molar-refractivity contribution in [3.63, 3.8) is 0 Å². The number of para-hydroxylation sites is 1.